The average Bonchev–Trinajstić information content (AvgIpc) is 2.36. The van der Waals surface area contributed by atoms with Gasteiger partial charge in [-0.1, -0.05) is 39.8 Å². The van der Waals surface area contributed by atoms with Crippen LogP contribution in [-0.2, 0) is 16.1 Å². The fraction of sp³-hybridized carbons (Fsp3) is 0.467. The molecule has 2 N–H and O–H groups in total. The molecule has 1 aromatic rings. The van der Waals surface area contributed by atoms with Gasteiger partial charge in [0.1, 0.15) is 0 Å². The molecule has 0 radical (unpaired) electrons. The summed E-state index contributed by atoms with van der Waals surface area (Å²) in [7, 11) is 0. The maximum absolute atomic E-state index is 11.6. The monoisotopic (exact) mass is 262 g/mol. The molecule has 0 fully saturated rings. The lowest BCUT2D eigenvalue weighted by molar-refractivity contribution is -0.124. The van der Waals surface area contributed by atoms with Crippen LogP contribution in [0.15, 0.2) is 24.3 Å². The lowest BCUT2D eigenvalue weighted by Crippen LogP contribution is -2.27. The number of benzene rings is 1. The first-order valence-corrected chi connectivity index (χ1v) is 6.57. The molecule has 1 rings (SSSR count). The quantitative estimate of drug-likeness (QED) is 0.856. The summed E-state index contributed by atoms with van der Waals surface area (Å²) in [5, 5.41) is 5.69. The number of carbonyl (C=O) groups is 2. The van der Waals surface area contributed by atoms with Gasteiger partial charge in [-0.25, -0.2) is 0 Å². The summed E-state index contributed by atoms with van der Waals surface area (Å²) in [4.78, 5) is 23.1. The Hall–Kier alpha value is -1.84. The smallest absolute Gasteiger partial charge is 0.226 e. The van der Waals surface area contributed by atoms with Gasteiger partial charge in [-0.15, -0.1) is 0 Å². The van der Waals surface area contributed by atoms with Crippen molar-refractivity contribution in [1.29, 1.82) is 0 Å². The number of hydrogen-bond acceptors (Lipinski definition) is 2. The fourth-order valence-corrected chi connectivity index (χ4v) is 1.44. The molecule has 4 nitrogen and oxygen atoms in total. The summed E-state index contributed by atoms with van der Waals surface area (Å²) >= 11 is 0. The summed E-state index contributed by atoms with van der Waals surface area (Å²) in [6.07, 6.45) is 0. The molecular formula is C15H22N2O2. The first-order valence-electron chi connectivity index (χ1n) is 6.57. The van der Waals surface area contributed by atoms with Crippen molar-refractivity contribution in [2.45, 2.75) is 34.2 Å². The standard InChI is InChI=1S/C15H22N2O2/c1-10(2)14(18)16-9-12-6-5-7-13(8-12)17-15(19)11(3)4/h5-8,10-11H,9H2,1-4H3,(H,16,18)(H,17,19). The van der Waals surface area contributed by atoms with Gasteiger partial charge in [0.05, 0.1) is 0 Å². The predicted molar refractivity (Wildman–Crippen MR) is 76.6 cm³/mol. The Bertz CT molecular complexity index is 453. The molecule has 0 aliphatic rings. The first kappa shape index (κ1) is 15.2. The number of anilines is 1. The highest BCUT2D eigenvalue weighted by Crippen LogP contribution is 2.12. The SMILES string of the molecule is CC(C)C(=O)NCc1cccc(NC(=O)C(C)C)c1. The van der Waals surface area contributed by atoms with Gasteiger partial charge in [-0.3, -0.25) is 9.59 Å². The van der Waals surface area contributed by atoms with E-state index < -0.39 is 0 Å². The minimum atomic E-state index is -0.0516. The van der Waals surface area contributed by atoms with Crippen molar-refractivity contribution in [1.82, 2.24) is 5.32 Å². The van der Waals surface area contributed by atoms with E-state index >= 15 is 0 Å². The van der Waals surface area contributed by atoms with Gasteiger partial charge in [0.2, 0.25) is 11.8 Å². The minimum absolute atomic E-state index is 0.0108. The van der Waals surface area contributed by atoms with E-state index in [0.717, 1.165) is 11.3 Å². The predicted octanol–water partition coefficient (Wildman–Crippen LogP) is 2.55. The van der Waals surface area contributed by atoms with Gasteiger partial charge in [-0.05, 0) is 17.7 Å². The van der Waals surface area contributed by atoms with Crippen molar-refractivity contribution in [3.05, 3.63) is 29.8 Å². The van der Waals surface area contributed by atoms with Crippen LogP contribution >= 0.6 is 0 Å². The Labute approximate surface area is 114 Å². The van der Waals surface area contributed by atoms with E-state index in [2.05, 4.69) is 10.6 Å². The third-order valence-electron chi connectivity index (χ3n) is 2.71. The van der Waals surface area contributed by atoms with Gasteiger partial charge >= 0.3 is 0 Å². The van der Waals surface area contributed by atoms with Crippen LogP contribution < -0.4 is 10.6 Å². The molecule has 0 aromatic heterocycles. The van der Waals surface area contributed by atoms with Gasteiger partial charge < -0.3 is 10.6 Å². The zero-order valence-corrected chi connectivity index (χ0v) is 12.0. The highest BCUT2D eigenvalue weighted by Gasteiger charge is 2.08. The van der Waals surface area contributed by atoms with Crippen molar-refractivity contribution >= 4 is 17.5 Å². The van der Waals surface area contributed by atoms with Crippen molar-refractivity contribution in [3.8, 4) is 0 Å². The largest absolute Gasteiger partial charge is 0.352 e. The van der Waals surface area contributed by atoms with E-state index in [-0.39, 0.29) is 23.7 Å². The Morgan fingerprint density at radius 3 is 2.26 bits per heavy atom. The molecule has 4 heteroatoms. The van der Waals surface area contributed by atoms with Gasteiger partial charge in [0.25, 0.3) is 0 Å². The first-order chi connectivity index (χ1) is 8.90. The maximum atomic E-state index is 11.6. The summed E-state index contributed by atoms with van der Waals surface area (Å²) in [6, 6.07) is 7.51. The van der Waals surface area contributed by atoms with Crippen LogP contribution in [0.1, 0.15) is 33.3 Å². The number of amides is 2. The molecule has 104 valence electrons. The lowest BCUT2D eigenvalue weighted by Gasteiger charge is -2.11. The van der Waals surface area contributed by atoms with Gasteiger partial charge in [0.15, 0.2) is 0 Å². The lowest BCUT2D eigenvalue weighted by atomic mass is 10.1. The van der Waals surface area contributed by atoms with Crippen LogP contribution in [-0.4, -0.2) is 11.8 Å². The molecule has 0 bridgehead atoms. The second-order valence-electron chi connectivity index (χ2n) is 5.22. The summed E-state index contributed by atoms with van der Waals surface area (Å²) in [5.74, 6) is -0.0619. The van der Waals surface area contributed by atoms with Crippen LogP contribution in [0.4, 0.5) is 5.69 Å². The van der Waals surface area contributed by atoms with Crippen molar-refractivity contribution < 1.29 is 9.59 Å². The molecule has 0 heterocycles. The molecule has 1 aromatic carbocycles. The Morgan fingerprint density at radius 1 is 1.05 bits per heavy atom. The van der Waals surface area contributed by atoms with Crippen LogP contribution in [0.2, 0.25) is 0 Å². The minimum Gasteiger partial charge on any atom is -0.352 e. The molecule has 0 saturated heterocycles. The topological polar surface area (TPSA) is 58.2 Å². The van der Waals surface area contributed by atoms with E-state index in [0.29, 0.717) is 6.54 Å². The molecule has 2 amide bonds. The molecule has 0 spiro atoms. The molecule has 19 heavy (non-hydrogen) atoms. The normalized spacial score (nSPS) is 10.6. The summed E-state index contributed by atoms with van der Waals surface area (Å²) in [6.45, 7) is 7.88. The second-order valence-corrected chi connectivity index (χ2v) is 5.22. The van der Waals surface area contributed by atoms with Crippen LogP contribution in [0.3, 0.4) is 0 Å². The number of carbonyl (C=O) groups excluding carboxylic acids is 2. The third kappa shape index (κ3) is 5.12. The maximum Gasteiger partial charge on any atom is 0.226 e. The fourth-order valence-electron chi connectivity index (χ4n) is 1.44. The molecule has 0 aliphatic heterocycles. The zero-order valence-electron chi connectivity index (χ0n) is 12.0. The van der Waals surface area contributed by atoms with E-state index in [1.54, 1.807) is 0 Å². The van der Waals surface area contributed by atoms with E-state index in [1.165, 1.54) is 0 Å². The molecular weight excluding hydrogens is 240 g/mol. The highest BCUT2D eigenvalue weighted by atomic mass is 16.2. The average molecular weight is 262 g/mol. The summed E-state index contributed by atoms with van der Waals surface area (Å²) in [5.41, 5.74) is 1.73. The molecule has 0 unspecified atom stereocenters. The highest BCUT2D eigenvalue weighted by molar-refractivity contribution is 5.92. The molecule has 0 atom stereocenters. The number of rotatable bonds is 5. The van der Waals surface area contributed by atoms with E-state index in [4.69, 9.17) is 0 Å². The number of nitrogens with one attached hydrogen (secondary N) is 2. The summed E-state index contributed by atoms with van der Waals surface area (Å²) < 4.78 is 0. The number of hydrogen-bond donors (Lipinski definition) is 2. The van der Waals surface area contributed by atoms with Gasteiger partial charge in [0, 0.05) is 24.1 Å². The van der Waals surface area contributed by atoms with E-state index in [9.17, 15) is 9.59 Å². The zero-order chi connectivity index (χ0) is 14.4. The van der Waals surface area contributed by atoms with Gasteiger partial charge in [-0.2, -0.15) is 0 Å². The van der Waals surface area contributed by atoms with Crippen molar-refractivity contribution in [2.24, 2.45) is 11.8 Å². The Balaban J connectivity index is 2.62. The van der Waals surface area contributed by atoms with Crippen LogP contribution in [0.5, 0.6) is 0 Å². The van der Waals surface area contributed by atoms with Crippen LogP contribution in [0, 0.1) is 11.8 Å². The third-order valence-corrected chi connectivity index (χ3v) is 2.71. The van der Waals surface area contributed by atoms with Crippen molar-refractivity contribution in [3.63, 3.8) is 0 Å². The Kier molecular flexibility index (Phi) is 5.55. The Morgan fingerprint density at radius 2 is 1.68 bits per heavy atom. The molecule has 0 aliphatic carbocycles. The van der Waals surface area contributed by atoms with Crippen molar-refractivity contribution in [2.75, 3.05) is 5.32 Å². The van der Waals surface area contributed by atoms with Crippen LogP contribution in [0.25, 0.3) is 0 Å². The van der Waals surface area contributed by atoms with E-state index in [1.807, 2.05) is 52.0 Å². The second kappa shape index (κ2) is 6.92. The molecule has 0 saturated carbocycles.